The molecule has 2 aromatic rings. The molecule has 0 aromatic carbocycles. The maximum atomic E-state index is 13.0. The fourth-order valence-corrected chi connectivity index (χ4v) is 3.23. The molecule has 3 heterocycles. The predicted molar refractivity (Wildman–Crippen MR) is 102 cm³/mol. The van der Waals surface area contributed by atoms with E-state index in [1.54, 1.807) is 39.6 Å². The van der Waals surface area contributed by atoms with E-state index < -0.39 is 0 Å². The number of imidazole rings is 1. The first-order chi connectivity index (χ1) is 13.5. The molecule has 3 amide bonds. The molecular weight excluding hydrogens is 362 g/mol. The number of ether oxygens (including phenoxy) is 1. The Kier molecular flexibility index (Phi) is 6.25. The molecule has 0 radical (unpaired) electrons. The summed E-state index contributed by atoms with van der Waals surface area (Å²) in [6, 6.07) is 5.37. The monoisotopic (exact) mass is 387 g/mol. The second-order valence-electron chi connectivity index (χ2n) is 6.64. The van der Waals surface area contributed by atoms with E-state index in [0.29, 0.717) is 51.3 Å². The zero-order chi connectivity index (χ0) is 20.1. The normalized spacial score (nSPS) is 14.4. The largest absolute Gasteiger partial charge is 0.385 e. The summed E-state index contributed by atoms with van der Waals surface area (Å²) >= 11 is 0. The molecule has 2 aromatic heterocycles. The van der Waals surface area contributed by atoms with Crippen molar-refractivity contribution in [2.45, 2.75) is 13.3 Å². The van der Waals surface area contributed by atoms with Gasteiger partial charge in [0, 0.05) is 59.6 Å². The van der Waals surface area contributed by atoms with Crippen LogP contribution in [0.1, 0.15) is 34.5 Å². The first-order valence-corrected chi connectivity index (χ1v) is 9.32. The molecule has 0 unspecified atom stereocenters. The number of hydrogen-bond donors (Lipinski definition) is 1. The van der Waals surface area contributed by atoms with Crippen molar-refractivity contribution in [3.8, 4) is 0 Å². The third kappa shape index (κ3) is 4.14. The number of carbonyl (C=O) groups excluding carboxylic acids is 3. The van der Waals surface area contributed by atoms with Gasteiger partial charge in [-0.2, -0.15) is 0 Å². The minimum absolute atomic E-state index is 0.00645. The Hall–Kier alpha value is -2.94. The van der Waals surface area contributed by atoms with E-state index in [4.69, 9.17) is 4.74 Å². The Labute approximate surface area is 163 Å². The number of pyridine rings is 1. The molecule has 3 rings (SSSR count). The van der Waals surface area contributed by atoms with E-state index in [1.807, 2.05) is 6.07 Å². The van der Waals surface area contributed by atoms with E-state index >= 15 is 0 Å². The van der Waals surface area contributed by atoms with Gasteiger partial charge >= 0.3 is 0 Å². The Morgan fingerprint density at radius 1 is 1.14 bits per heavy atom. The fourth-order valence-electron chi connectivity index (χ4n) is 3.23. The van der Waals surface area contributed by atoms with Crippen molar-refractivity contribution in [3.05, 3.63) is 35.9 Å². The SMILES string of the molecule is COCCCNC(=O)c1nc(C(=O)N2CCN(C(C)=O)CC2)c2ccccn12. The number of fused-ring (bicyclic) bond motifs is 1. The zero-order valence-electron chi connectivity index (χ0n) is 16.2. The van der Waals surface area contributed by atoms with Gasteiger partial charge in [0.05, 0.1) is 5.52 Å². The van der Waals surface area contributed by atoms with Gasteiger partial charge in [0.2, 0.25) is 11.7 Å². The molecule has 1 fully saturated rings. The van der Waals surface area contributed by atoms with Crippen LogP contribution in [0.5, 0.6) is 0 Å². The average Bonchev–Trinajstić information content (AvgIpc) is 3.10. The molecule has 0 saturated carbocycles. The lowest BCUT2D eigenvalue weighted by Gasteiger charge is -2.33. The summed E-state index contributed by atoms with van der Waals surface area (Å²) < 4.78 is 6.61. The van der Waals surface area contributed by atoms with Crippen molar-refractivity contribution in [2.75, 3.05) is 46.4 Å². The molecule has 0 bridgehead atoms. The van der Waals surface area contributed by atoms with Crippen molar-refractivity contribution >= 4 is 23.2 Å². The van der Waals surface area contributed by atoms with Gasteiger partial charge in [0.1, 0.15) is 0 Å². The predicted octanol–water partition coefficient (Wildman–Crippen LogP) is 0.405. The van der Waals surface area contributed by atoms with Crippen LogP contribution in [-0.2, 0) is 9.53 Å². The standard InChI is InChI=1S/C19H25N5O4/c1-14(25)22-9-11-23(12-10-22)19(27)16-15-6-3-4-8-24(15)17(21-16)18(26)20-7-5-13-28-2/h3-4,6,8H,5,7,9-13H2,1-2H3,(H,20,26). The van der Waals surface area contributed by atoms with Gasteiger partial charge in [0.15, 0.2) is 5.69 Å². The number of nitrogens with zero attached hydrogens (tertiary/aromatic N) is 4. The summed E-state index contributed by atoms with van der Waals surface area (Å²) in [5.74, 6) is -0.381. The molecule has 9 nitrogen and oxygen atoms in total. The first-order valence-electron chi connectivity index (χ1n) is 9.32. The molecule has 1 N–H and O–H groups in total. The van der Waals surface area contributed by atoms with Gasteiger partial charge in [-0.05, 0) is 18.6 Å². The molecule has 28 heavy (non-hydrogen) atoms. The highest BCUT2D eigenvalue weighted by Gasteiger charge is 2.28. The number of hydrogen-bond acceptors (Lipinski definition) is 5. The molecule has 0 spiro atoms. The molecule has 150 valence electrons. The smallest absolute Gasteiger partial charge is 0.287 e. The average molecular weight is 387 g/mol. The van der Waals surface area contributed by atoms with Crippen LogP contribution in [0.4, 0.5) is 0 Å². The molecule has 0 atom stereocenters. The lowest BCUT2D eigenvalue weighted by Crippen LogP contribution is -2.50. The second kappa shape index (κ2) is 8.83. The van der Waals surface area contributed by atoms with Crippen LogP contribution in [0.25, 0.3) is 5.52 Å². The number of methoxy groups -OCH3 is 1. The number of aromatic nitrogens is 2. The van der Waals surface area contributed by atoms with E-state index in [2.05, 4.69) is 10.3 Å². The van der Waals surface area contributed by atoms with Gasteiger partial charge in [-0.15, -0.1) is 0 Å². The minimum atomic E-state index is -0.335. The summed E-state index contributed by atoms with van der Waals surface area (Å²) in [4.78, 5) is 44.8. The second-order valence-corrected chi connectivity index (χ2v) is 6.64. The van der Waals surface area contributed by atoms with Gasteiger partial charge < -0.3 is 19.9 Å². The van der Waals surface area contributed by atoms with Gasteiger partial charge in [-0.3, -0.25) is 18.8 Å². The van der Waals surface area contributed by atoms with Crippen LogP contribution >= 0.6 is 0 Å². The van der Waals surface area contributed by atoms with Crippen LogP contribution in [0.15, 0.2) is 24.4 Å². The van der Waals surface area contributed by atoms with Gasteiger partial charge in [-0.25, -0.2) is 4.98 Å². The molecule has 9 heteroatoms. The quantitative estimate of drug-likeness (QED) is 0.724. The van der Waals surface area contributed by atoms with Crippen molar-refractivity contribution < 1.29 is 19.1 Å². The van der Waals surface area contributed by atoms with E-state index in [9.17, 15) is 14.4 Å². The number of rotatable bonds is 6. The Balaban J connectivity index is 1.79. The number of carbonyl (C=O) groups is 3. The van der Waals surface area contributed by atoms with Gasteiger partial charge in [-0.1, -0.05) is 6.07 Å². The maximum Gasteiger partial charge on any atom is 0.287 e. The van der Waals surface area contributed by atoms with Crippen molar-refractivity contribution in [1.82, 2.24) is 24.5 Å². The molecule has 1 saturated heterocycles. The molecule has 1 aliphatic heterocycles. The van der Waals surface area contributed by atoms with E-state index in [1.165, 1.54) is 6.92 Å². The van der Waals surface area contributed by atoms with Crippen LogP contribution in [0.3, 0.4) is 0 Å². The Morgan fingerprint density at radius 2 is 1.86 bits per heavy atom. The number of amides is 3. The lowest BCUT2D eigenvalue weighted by atomic mass is 10.2. The summed E-state index contributed by atoms with van der Waals surface area (Å²) in [7, 11) is 1.61. The van der Waals surface area contributed by atoms with Crippen LogP contribution in [0.2, 0.25) is 0 Å². The topological polar surface area (TPSA) is 96.2 Å². The third-order valence-corrected chi connectivity index (χ3v) is 4.78. The maximum absolute atomic E-state index is 13.0. The van der Waals surface area contributed by atoms with Gasteiger partial charge in [0.25, 0.3) is 11.8 Å². The lowest BCUT2D eigenvalue weighted by molar-refractivity contribution is -0.130. The highest BCUT2D eigenvalue weighted by molar-refractivity contribution is 6.02. The van der Waals surface area contributed by atoms with E-state index in [-0.39, 0.29) is 29.2 Å². The van der Waals surface area contributed by atoms with Crippen LogP contribution in [-0.4, -0.2) is 83.3 Å². The summed E-state index contributed by atoms with van der Waals surface area (Å²) in [6.45, 7) is 4.44. The van der Waals surface area contributed by atoms with Crippen molar-refractivity contribution in [1.29, 1.82) is 0 Å². The van der Waals surface area contributed by atoms with Crippen molar-refractivity contribution in [3.63, 3.8) is 0 Å². The van der Waals surface area contributed by atoms with E-state index in [0.717, 1.165) is 0 Å². The highest BCUT2D eigenvalue weighted by atomic mass is 16.5. The number of nitrogens with one attached hydrogen (secondary N) is 1. The minimum Gasteiger partial charge on any atom is -0.385 e. The third-order valence-electron chi connectivity index (χ3n) is 4.78. The molecule has 0 aliphatic carbocycles. The molecule has 1 aliphatic rings. The summed E-state index contributed by atoms with van der Waals surface area (Å²) in [5, 5.41) is 2.80. The summed E-state index contributed by atoms with van der Waals surface area (Å²) in [6.07, 6.45) is 2.41. The Morgan fingerprint density at radius 3 is 2.54 bits per heavy atom. The Bertz CT molecular complexity index is 870. The van der Waals surface area contributed by atoms with Crippen LogP contribution in [0, 0.1) is 0 Å². The van der Waals surface area contributed by atoms with Crippen LogP contribution < -0.4 is 5.32 Å². The zero-order valence-corrected chi connectivity index (χ0v) is 16.2. The fraction of sp³-hybridized carbons (Fsp3) is 0.474. The first kappa shape index (κ1) is 19.8. The number of piperazine rings is 1. The summed E-state index contributed by atoms with van der Waals surface area (Å²) in [5.41, 5.74) is 0.836. The highest BCUT2D eigenvalue weighted by Crippen LogP contribution is 2.17. The van der Waals surface area contributed by atoms with Crippen molar-refractivity contribution in [2.24, 2.45) is 0 Å². The molecular formula is C19H25N5O4.